The van der Waals surface area contributed by atoms with E-state index in [1.807, 2.05) is 6.07 Å². The van der Waals surface area contributed by atoms with E-state index in [0.29, 0.717) is 21.9 Å². The molecule has 4 N–H and O–H groups in total. The minimum absolute atomic E-state index is 0. The van der Waals surface area contributed by atoms with Crippen molar-refractivity contribution in [1.82, 2.24) is 0 Å². The Morgan fingerprint density at radius 2 is 2.00 bits per heavy atom. The average Bonchev–Trinajstić information content (AvgIpc) is 2.84. The van der Waals surface area contributed by atoms with Gasteiger partial charge in [-0.15, -0.1) is 17.7 Å². The van der Waals surface area contributed by atoms with Crippen LogP contribution in [0.2, 0.25) is 5.02 Å². The molecule has 0 saturated heterocycles. The molecule has 116 valence electrons. The van der Waals surface area contributed by atoms with E-state index in [-0.39, 0.29) is 36.0 Å². The molecule has 1 heterocycles. The molecule has 0 unspecified atom stereocenters. The van der Waals surface area contributed by atoms with Gasteiger partial charge in [0.25, 0.3) is 0 Å². The molecule has 22 heavy (non-hydrogen) atoms. The first-order valence-electron chi connectivity index (χ1n) is 5.48. The third-order valence-corrected chi connectivity index (χ3v) is 3.49. The Balaban J connectivity index is 0. The van der Waals surface area contributed by atoms with Crippen molar-refractivity contribution in [3.63, 3.8) is 0 Å². The van der Waals surface area contributed by atoms with Crippen LogP contribution < -0.4 is 5.73 Å². The summed E-state index contributed by atoms with van der Waals surface area (Å²) < 4.78 is 0. The van der Waals surface area contributed by atoms with Gasteiger partial charge in [-0.25, -0.2) is 11.3 Å². The minimum Gasteiger partial charge on any atom is -0.534 e. The normalized spacial score (nSPS) is 8.32. The smallest absolute Gasteiger partial charge is 0.534 e. The first-order chi connectivity index (χ1) is 9.99. The van der Waals surface area contributed by atoms with Gasteiger partial charge in [0.2, 0.25) is 5.97 Å². The maximum absolute atomic E-state index is 10.8. The van der Waals surface area contributed by atoms with Crippen molar-refractivity contribution in [2.75, 3.05) is 12.8 Å². The molecular weight excluding hydrogens is 552 g/mol. The van der Waals surface area contributed by atoms with Crippen LogP contribution in [0.3, 0.4) is 0 Å². The number of carbonyl (C=O) groups excluding carboxylic acids is 1. The summed E-state index contributed by atoms with van der Waals surface area (Å²) in [4.78, 5) is 20.2. The fourth-order valence-electron chi connectivity index (χ4n) is 1.29. The number of nitrogens with two attached hydrogens (primary N) is 1. The van der Waals surface area contributed by atoms with E-state index in [1.54, 1.807) is 18.2 Å². The molecule has 0 aliphatic carbocycles. The third-order valence-electron chi connectivity index (χ3n) is 1.97. The maximum atomic E-state index is 10.8. The molecule has 0 fully saturated rings. The molecule has 8 heteroatoms. The summed E-state index contributed by atoms with van der Waals surface area (Å²) in [6.07, 6.45) is 0.500. The van der Waals surface area contributed by atoms with Crippen LogP contribution in [0.5, 0.6) is 0 Å². The number of aliphatic hydroxyl groups is 1. The monoisotopic (exact) mass is 565 g/mol. The second-order valence-corrected chi connectivity index (χ2v) is 4.70. The van der Waals surface area contributed by atoms with Crippen LogP contribution in [0.1, 0.15) is 9.67 Å². The van der Waals surface area contributed by atoms with E-state index in [4.69, 9.17) is 32.3 Å². The van der Waals surface area contributed by atoms with Gasteiger partial charge in [0.1, 0.15) is 0 Å². The van der Waals surface area contributed by atoms with Crippen LogP contribution in [0.4, 0.5) is 5.69 Å². The zero-order chi connectivity index (χ0) is 16.4. The van der Waals surface area contributed by atoms with E-state index in [0.717, 1.165) is 24.0 Å². The SMILES string of the molecule is CO.Nc1cccc(-c2sc(C(=O)O)[c-]c2Cl)c1.[CH2-]C=O.[U+2]. The van der Waals surface area contributed by atoms with Crippen molar-refractivity contribution in [1.29, 1.82) is 0 Å². The molecule has 2 rings (SSSR count). The Morgan fingerprint density at radius 1 is 1.45 bits per heavy atom. The van der Waals surface area contributed by atoms with Crippen LogP contribution in [0.15, 0.2) is 24.3 Å². The summed E-state index contributed by atoms with van der Waals surface area (Å²) in [6, 6.07) is 9.73. The number of benzene rings is 1. The fourth-order valence-corrected chi connectivity index (χ4v) is 2.50. The fraction of sp³-hybridized carbons (Fsp3) is 0.0714. The Hall–Kier alpha value is -0.968. The number of halogens is 1. The summed E-state index contributed by atoms with van der Waals surface area (Å²) in [5.41, 5.74) is 7.06. The van der Waals surface area contributed by atoms with Crippen LogP contribution in [-0.4, -0.2) is 29.6 Å². The summed E-state index contributed by atoms with van der Waals surface area (Å²) in [5, 5.41) is 16.1. The van der Waals surface area contributed by atoms with E-state index < -0.39 is 5.97 Å². The molecule has 0 amide bonds. The molecule has 0 spiro atoms. The van der Waals surface area contributed by atoms with Crippen molar-refractivity contribution in [2.45, 2.75) is 0 Å². The second-order valence-electron chi connectivity index (χ2n) is 3.30. The molecule has 1 aromatic heterocycles. The van der Waals surface area contributed by atoms with Gasteiger partial charge < -0.3 is 32.5 Å². The molecule has 1 aromatic carbocycles. The number of aromatic carboxylic acids is 1. The van der Waals surface area contributed by atoms with Gasteiger partial charge in [-0.3, -0.25) is 0 Å². The van der Waals surface area contributed by atoms with Crippen molar-refractivity contribution in [3.05, 3.63) is 47.2 Å². The van der Waals surface area contributed by atoms with E-state index in [2.05, 4.69) is 13.0 Å². The Bertz CT molecular complexity index is 604. The van der Waals surface area contributed by atoms with Crippen molar-refractivity contribution in [2.24, 2.45) is 0 Å². The summed E-state index contributed by atoms with van der Waals surface area (Å²) in [7, 11) is 1.00. The van der Waals surface area contributed by atoms with Crippen molar-refractivity contribution >= 4 is 40.9 Å². The molecule has 0 atom stereocenters. The standard InChI is InChI=1S/C11H7ClNO2S.C2H3O.CH4O.U/c12-8-5-9(11(14)15)16-10(8)6-2-1-3-7(13)4-6;1-2-3;1-2;/h1-4H,13H2,(H,14,15);2H,1H2;2H,1H3;/q2*-1;;+2. The number of carboxylic acids is 1. The number of carboxylic acid groups (broad SMARTS) is 1. The van der Waals surface area contributed by atoms with Gasteiger partial charge in [0.05, 0.1) is 0 Å². The molecule has 5 nitrogen and oxygen atoms in total. The van der Waals surface area contributed by atoms with Crippen LogP contribution in [0, 0.1) is 44.1 Å². The van der Waals surface area contributed by atoms with Gasteiger partial charge in [0, 0.05) is 12.8 Å². The van der Waals surface area contributed by atoms with Gasteiger partial charge in [-0.2, -0.15) is 0 Å². The zero-order valence-corrected chi connectivity index (χ0v) is 17.4. The predicted octanol–water partition coefficient (Wildman–Crippen LogP) is 2.78. The van der Waals surface area contributed by atoms with Gasteiger partial charge in [-0.05, 0) is 28.2 Å². The number of aldehydes is 1. The number of hydrogen-bond acceptors (Lipinski definition) is 5. The largest absolute Gasteiger partial charge is 2.00 e. The number of hydrogen-bond donors (Lipinski definition) is 3. The number of thiophene rings is 1. The molecule has 0 aliphatic rings. The molecule has 0 aliphatic heterocycles. The summed E-state index contributed by atoms with van der Waals surface area (Å²) in [5.74, 6) is -1.03. The van der Waals surface area contributed by atoms with Crippen LogP contribution >= 0.6 is 22.9 Å². The number of aliphatic hydroxyl groups excluding tert-OH is 1. The van der Waals surface area contributed by atoms with Crippen LogP contribution in [0.25, 0.3) is 10.4 Å². The quantitative estimate of drug-likeness (QED) is 0.295. The second kappa shape index (κ2) is 12.6. The average molecular weight is 566 g/mol. The Labute approximate surface area is 161 Å². The summed E-state index contributed by atoms with van der Waals surface area (Å²) in [6.45, 7) is 2.81. The van der Waals surface area contributed by atoms with Gasteiger partial charge >= 0.3 is 31.1 Å². The Morgan fingerprint density at radius 3 is 2.41 bits per heavy atom. The number of nitrogen functional groups attached to an aromatic ring is 1. The molecule has 0 radical (unpaired) electrons. The van der Waals surface area contributed by atoms with E-state index in [1.165, 1.54) is 0 Å². The van der Waals surface area contributed by atoms with E-state index >= 15 is 0 Å². The molecular formula is C14H14ClNO4SU. The van der Waals surface area contributed by atoms with Crippen molar-refractivity contribution in [3.8, 4) is 10.4 Å². The van der Waals surface area contributed by atoms with E-state index in [9.17, 15) is 4.79 Å². The predicted molar refractivity (Wildman–Crippen MR) is 84.5 cm³/mol. The van der Waals surface area contributed by atoms with Gasteiger partial charge in [0.15, 0.2) is 0 Å². The molecule has 0 bridgehead atoms. The zero-order valence-electron chi connectivity index (χ0n) is 11.7. The third kappa shape index (κ3) is 7.34. The number of carbonyl (C=O) groups is 2. The Kier molecular flexibility index (Phi) is 13.3. The minimum atomic E-state index is -1.03. The first kappa shape index (κ1) is 23.3. The number of rotatable bonds is 2. The topological polar surface area (TPSA) is 101 Å². The van der Waals surface area contributed by atoms with Crippen LogP contribution in [-0.2, 0) is 4.79 Å². The maximum Gasteiger partial charge on any atom is 2.00 e. The summed E-state index contributed by atoms with van der Waals surface area (Å²) >= 11 is 7.01. The van der Waals surface area contributed by atoms with Crippen molar-refractivity contribution < 1.29 is 50.9 Å². The number of anilines is 1. The molecule has 0 saturated carbocycles. The molecule has 2 aromatic rings. The van der Waals surface area contributed by atoms with Gasteiger partial charge in [-0.1, -0.05) is 22.7 Å². The first-order valence-corrected chi connectivity index (χ1v) is 6.67.